The summed E-state index contributed by atoms with van der Waals surface area (Å²) in [5, 5.41) is 1.45. The van der Waals surface area contributed by atoms with Gasteiger partial charge in [0.25, 0.3) is 0 Å². The molecule has 4 aromatic rings. The molecule has 0 aromatic carbocycles. The Bertz CT molecular complexity index is 1090. The zero-order valence-corrected chi connectivity index (χ0v) is 14.9. The molecule has 1 N–H and O–H groups in total. The molecule has 0 unspecified atom stereocenters. The number of nitrogens with zero attached hydrogens (tertiary/aromatic N) is 3. The van der Waals surface area contributed by atoms with Gasteiger partial charge in [0.05, 0.1) is 5.02 Å². The lowest BCUT2D eigenvalue weighted by atomic mass is 10.0. The van der Waals surface area contributed by atoms with Crippen molar-refractivity contribution in [3.05, 3.63) is 88.0 Å². The summed E-state index contributed by atoms with van der Waals surface area (Å²) in [5.41, 5.74) is 4.91. The van der Waals surface area contributed by atoms with Crippen LogP contribution in [0.25, 0.3) is 11.0 Å². The fraction of sp³-hybridized carbons (Fsp3) is 0.150. The number of rotatable bonds is 4. The first-order valence-electron chi connectivity index (χ1n) is 8.26. The van der Waals surface area contributed by atoms with Gasteiger partial charge in [-0.3, -0.25) is 4.98 Å². The second-order valence-corrected chi connectivity index (χ2v) is 6.71. The quantitative estimate of drug-likeness (QED) is 0.535. The zero-order chi connectivity index (χ0) is 18.1. The van der Waals surface area contributed by atoms with E-state index >= 15 is 0 Å². The Morgan fingerprint density at radius 3 is 2.77 bits per heavy atom. The molecular formula is C20H16ClFN4. The lowest BCUT2D eigenvalue weighted by molar-refractivity contribution is 0.565. The zero-order valence-electron chi connectivity index (χ0n) is 14.1. The van der Waals surface area contributed by atoms with E-state index in [1.165, 1.54) is 0 Å². The van der Waals surface area contributed by atoms with Crippen molar-refractivity contribution in [2.75, 3.05) is 0 Å². The van der Waals surface area contributed by atoms with Gasteiger partial charge in [-0.05, 0) is 42.3 Å². The molecule has 0 amide bonds. The highest BCUT2D eigenvalue weighted by Crippen LogP contribution is 2.23. The molecule has 4 rings (SSSR count). The van der Waals surface area contributed by atoms with Crippen molar-refractivity contribution in [2.45, 2.75) is 19.8 Å². The lowest BCUT2D eigenvalue weighted by Gasteiger charge is -2.06. The molecule has 0 fully saturated rings. The van der Waals surface area contributed by atoms with Crippen LogP contribution >= 0.6 is 11.6 Å². The lowest BCUT2D eigenvalue weighted by Crippen LogP contribution is -2.00. The largest absolute Gasteiger partial charge is 0.346 e. The van der Waals surface area contributed by atoms with Crippen molar-refractivity contribution in [2.24, 2.45) is 0 Å². The predicted molar refractivity (Wildman–Crippen MR) is 99.9 cm³/mol. The summed E-state index contributed by atoms with van der Waals surface area (Å²) in [4.78, 5) is 15.6. The van der Waals surface area contributed by atoms with Crippen LogP contribution in [-0.2, 0) is 12.8 Å². The number of hydrogen-bond donors (Lipinski definition) is 1. The van der Waals surface area contributed by atoms with Crippen LogP contribution in [0, 0.1) is 12.9 Å². The number of hydrogen-bond acceptors (Lipinski definition) is 3. The molecular weight excluding hydrogens is 351 g/mol. The average Bonchev–Trinajstić information content (AvgIpc) is 2.99. The van der Waals surface area contributed by atoms with E-state index in [4.69, 9.17) is 11.6 Å². The second kappa shape index (κ2) is 6.84. The topological polar surface area (TPSA) is 54.5 Å². The van der Waals surface area contributed by atoms with Gasteiger partial charge in [-0.15, -0.1) is 0 Å². The molecule has 26 heavy (non-hydrogen) atoms. The number of fused-ring (bicyclic) bond motifs is 1. The number of aromatic nitrogens is 4. The van der Waals surface area contributed by atoms with E-state index in [1.54, 1.807) is 18.5 Å². The molecule has 0 saturated carbocycles. The van der Waals surface area contributed by atoms with E-state index in [9.17, 15) is 4.39 Å². The van der Waals surface area contributed by atoms with Crippen LogP contribution in [0.15, 0.2) is 48.9 Å². The summed E-state index contributed by atoms with van der Waals surface area (Å²) in [6.07, 6.45) is 6.18. The molecule has 0 saturated heterocycles. The SMILES string of the molecule is Cc1cc(Cc2ccc(Cc3c[nH]c4ncc(Cl)cc34)c(F)n2)ccn1. The van der Waals surface area contributed by atoms with Crippen molar-refractivity contribution < 1.29 is 4.39 Å². The number of aromatic amines is 1. The second-order valence-electron chi connectivity index (χ2n) is 6.28. The molecule has 0 radical (unpaired) electrons. The van der Waals surface area contributed by atoms with E-state index in [2.05, 4.69) is 19.9 Å². The summed E-state index contributed by atoms with van der Waals surface area (Å²) in [5.74, 6) is -0.447. The van der Waals surface area contributed by atoms with E-state index in [0.29, 0.717) is 29.1 Å². The van der Waals surface area contributed by atoms with Crippen molar-refractivity contribution >= 4 is 22.6 Å². The minimum atomic E-state index is -0.447. The Labute approximate surface area is 155 Å². The number of H-pyrrole nitrogens is 1. The number of aryl methyl sites for hydroxylation is 1. The van der Waals surface area contributed by atoms with Gasteiger partial charge < -0.3 is 4.98 Å². The van der Waals surface area contributed by atoms with Crippen molar-refractivity contribution in [3.8, 4) is 0 Å². The van der Waals surface area contributed by atoms with Gasteiger partial charge in [-0.25, -0.2) is 9.97 Å². The fourth-order valence-electron chi connectivity index (χ4n) is 3.04. The summed E-state index contributed by atoms with van der Waals surface area (Å²) in [6.45, 7) is 1.93. The Balaban J connectivity index is 1.58. The molecule has 130 valence electrons. The van der Waals surface area contributed by atoms with Gasteiger partial charge >= 0.3 is 0 Å². The molecule has 0 aliphatic heterocycles. The van der Waals surface area contributed by atoms with E-state index in [0.717, 1.165) is 27.9 Å². The van der Waals surface area contributed by atoms with E-state index in [1.807, 2.05) is 37.4 Å². The summed E-state index contributed by atoms with van der Waals surface area (Å²) in [7, 11) is 0. The maximum Gasteiger partial charge on any atom is 0.216 e. The highest BCUT2D eigenvalue weighted by molar-refractivity contribution is 6.31. The monoisotopic (exact) mass is 366 g/mol. The van der Waals surface area contributed by atoms with Gasteiger partial charge in [-0.1, -0.05) is 17.7 Å². The molecule has 0 spiro atoms. The minimum absolute atomic E-state index is 0.426. The summed E-state index contributed by atoms with van der Waals surface area (Å²) < 4.78 is 14.5. The molecule has 0 atom stereocenters. The number of nitrogens with one attached hydrogen (secondary N) is 1. The Hall–Kier alpha value is -2.79. The van der Waals surface area contributed by atoms with Gasteiger partial charge in [0.15, 0.2) is 0 Å². The van der Waals surface area contributed by atoms with Crippen LogP contribution < -0.4 is 0 Å². The van der Waals surface area contributed by atoms with Crippen molar-refractivity contribution in [1.29, 1.82) is 0 Å². The highest BCUT2D eigenvalue weighted by atomic mass is 35.5. The molecule has 4 heterocycles. The normalized spacial score (nSPS) is 11.2. The van der Waals surface area contributed by atoms with Gasteiger partial charge in [0.2, 0.25) is 5.95 Å². The molecule has 6 heteroatoms. The average molecular weight is 367 g/mol. The Kier molecular flexibility index (Phi) is 4.39. The van der Waals surface area contributed by atoms with E-state index < -0.39 is 5.95 Å². The smallest absolute Gasteiger partial charge is 0.216 e. The molecule has 0 bridgehead atoms. The van der Waals surface area contributed by atoms with Gasteiger partial charge in [0, 0.05) is 53.8 Å². The third-order valence-electron chi connectivity index (χ3n) is 4.29. The van der Waals surface area contributed by atoms with Crippen LogP contribution in [0.3, 0.4) is 0 Å². The third-order valence-corrected chi connectivity index (χ3v) is 4.50. The minimum Gasteiger partial charge on any atom is -0.346 e. The first kappa shape index (κ1) is 16.7. The van der Waals surface area contributed by atoms with Crippen LogP contribution in [0.1, 0.15) is 28.1 Å². The number of halogens is 2. The maximum absolute atomic E-state index is 14.5. The third kappa shape index (κ3) is 3.44. The molecule has 4 aromatic heterocycles. The first-order valence-corrected chi connectivity index (χ1v) is 8.63. The molecule has 0 aliphatic carbocycles. The van der Waals surface area contributed by atoms with Crippen LogP contribution in [0.5, 0.6) is 0 Å². The van der Waals surface area contributed by atoms with E-state index in [-0.39, 0.29) is 0 Å². The predicted octanol–water partition coefficient (Wildman–Crippen LogP) is 4.64. The van der Waals surface area contributed by atoms with Crippen LogP contribution in [0.2, 0.25) is 5.02 Å². The van der Waals surface area contributed by atoms with Gasteiger partial charge in [0.1, 0.15) is 5.65 Å². The fourth-order valence-corrected chi connectivity index (χ4v) is 3.20. The Morgan fingerprint density at radius 2 is 1.96 bits per heavy atom. The first-order chi connectivity index (χ1) is 12.6. The highest BCUT2D eigenvalue weighted by Gasteiger charge is 2.11. The van der Waals surface area contributed by atoms with Gasteiger partial charge in [-0.2, -0.15) is 4.39 Å². The molecule has 4 nitrogen and oxygen atoms in total. The summed E-state index contributed by atoms with van der Waals surface area (Å²) >= 11 is 6.02. The standard InChI is InChI=1S/C20H16ClFN4/c1-12-6-13(4-5-23-12)7-17-3-2-14(19(22)26-17)8-15-10-24-20-18(15)9-16(21)11-25-20/h2-6,9-11H,7-8H2,1H3,(H,24,25). The van der Waals surface area contributed by atoms with Crippen molar-refractivity contribution in [3.63, 3.8) is 0 Å². The maximum atomic E-state index is 14.5. The van der Waals surface area contributed by atoms with Crippen LogP contribution in [0.4, 0.5) is 4.39 Å². The number of pyridine rings is 3. The molecule has 0 aliphatic rings. The van der Waals surface area contributed by atoms with Crippen LogP contribution in [-0.4, -0.2) is 19.9 Å². The summed E-state index contributed by atoms with van der Waals surface area (Å²) in [6, 6.07) is 9.40. The Morgan fingerprint density at radius 1 is 1.08 bits per heavy atom. The van der Waals surface area contributed by atoms with Crippen molar-refractivity contribution in [1.82, 2.24) is 19.9 Å².